The number of aliphatic hydroxyl groups is 1. The van der Waals surface area contributed by atoms with Crippen molar-refractivity contribution >= 4 is 5.91 Å². The number of carbonyl (C=O) groups excluding carboxylic acids is 1. The third-order valence-corrected chi connectivity index (χ3v) is 4.64. The molecule has 1 amide bonds. The monoisotopic (exact) mass is 284 g/mol. The second kappa shape index (κ2) is 7.41. The molecule has 0 saturated heterocycles. The van der Waals surface area contributed by atoms with Crippen LogP contribution in [0.4, 0.5) is 0 Å². The zero-order chi connectivity index (χ0) is 15.2. The van der Waals surface area contributed by atoms with Gasteiger partial charge in [-0.15, -0.1) is 0 Å². The van der Waals surface area contributed by atoms with E-state index in [9.17, 15) is 4.79 Å². The Morgan fingerprint density at radius 1 is 1.25 bits per heavy atom. The summed E-state index contributed by atoms with van der Waals surface area (Å²) >= 11 is 0. The molecule has 20 heavy (non-hydrogen) atoms. The van der Waals surface area contributed by atoms with Gasteiger partial charge >= 0.3 is 0 Å². The Balaban J connectivity index is 2.60. The number of carbonyl (C=O) groups is 1. The molecule has 0 radical (unpaired) electrons. The third kappa shape index (κ3) is 5.06. The fourth-order valence-electron chi connectivity index (χ4n) is 3.15. The van der Waals surface area contributed by atoms with Gasteiger partial charge in [0.25, 0.3) is 0 Å². The van der Waals surface area contributed by atoms with E-state index in [1.165, 1.54) is 19.3 Å². The van der Waals surface area contributed by atoms with Crippen molar-refractivity contribution in [1.82, 2.24) is 10.6 Å². The molecule has 4 nitrogen and oxygen atoms in total. The Morgan fingerprint density at radius 2 is 1.85 bits per heavy atom. The molecule has 4 heteroatoms. The van der Waals surface area contributed by atoms with Crippen molar-refractivity contribution in [3.8, 4) is 0 Å². The van der Waals surface area contributed by atoms with Gasteiger partial charge in [-0.25, -0.2) is 0 Å². The van der Waals surface area contributed by atoms with Crippen LogP contribution in [0.1, 0.15) is 65.7 Å². The molecule has 1 saturated carbocycles. The van der Waals surface area contributed by atoms with Crippen LogP contribution in [0.25, 0.3) is 0 Å². The summed E-state index contributed by atoms with van der Waals surface area (Å²) in [4.78, 5) is 12.4. The second-order valence-electron chi connectivity index (χ2n) is 7.27. The molecule has 3 N–H and O–H groups in total. The summed E-state index contributed by atoms with van der Waals surface area (Å²) < 4.78 is 0. The maximum atomic E-state index is 12.4. The molecule has 0 aromatic heterocycles. The van der Waals surface area contributed by atoms with Crippen LogP contribution in [0.5, 0.6) is 0 Å². The number of rotatable bonds is 6. The van der Waals surface area contributed by atoms with Crippen LogP contribution in [-0.2, 0) is 4.79 Å². The van der Waals surface area contributed by atoms with Gasteiger partial charge in [-0.05, 0) is 31.7 Å². The first-order chi connectivity index (χ1) is 9.33. The first kappa shape index (κ1) is 17.4. The lowest BCUT2D eigenvalue weighted by molar-refractivity contribution is -0.124. The van der Waals surface area contributed by atoms with Gasteiger partial charge < -0.3 is 15.7 Å². The average molecular weight is 284 g/mol. The molecule has 0 aromatic carbocycles. The largest absolute Gasteiger partial charge is 0.396 e. The summed E-state index contributed by atoms with van der Waals surface area (Å²) in [5, 5.41) is 15.7. The number of hydrogen-bond acceptors (Lipinski definition) is 3. The minimum Gasteiger partial charge on any atom is -0.396 e. The molecular weight excluding hydrogens is 252 g/mol. The minimum absolute atomic E-state index is 0.0238. The van der Waals surface area contributed by atoms with Crippen molar-refractivity contribution in [2.75, 3.05) is 13.7 Å². The van der Waals surface area contributed by atoms with Crippen molar-refractivity contribution in [1.29, 1.82) is 0 Å². The molecule has 1 aliphatic carbocycles. The second-order valence-corrected chi connectivity index (χ2v) is 7.27. The highest BCUT2D eigenvalue weighted by Crippen LogP contribution is 2.31. The van der Waals surface area contributed by atoms with Crippen molar-refractivity contribution in [3.63, 3.8) is 0 Å². The average Bonchev–Trinajstić information content (AvgIpc) is 2.38. The van der Waals surface area contributed by atoms with Crippen LogP contribution in [-0.4, -0.2) is 36.2 Å². The molecule has 0 spiro atoms. The lowest BCUT2D eigenvalue weighted by Gasteiger charge is -2.38. The highest BCUT2D eigenvalue weighted by molar-refractivity contribution is 5.77. The summed E-state index contributed by atoms with van der Waals surface area (Å²) in [6, 6.07) is 0.0255. The van der Waals surface area contributed by atoms with E-state index >= 15 is 0 Å². The van der Waals surface area contributed by atoms with Gasteiger partial charge in [-0.3, -0.25) is 4.79 Å². The van der Waals surface area contributed by atoms with E-state index in [1.807, 2.05) is 7.05 Å². The van der Waals surface area contributed by atoms with Gasteiger partial charge in [0.15, 0.2) is 0 Å². The highest BCUT2D eigenvalue weighted by Gasteiger charge is 2.34. The molecule has 1 unspecified atom stereocenters. The first-order valence-electron chi connectivity index (χ1n) is 7.92. The maximum Gasteiger partial charge on any atom is 0.222 e. The Hall–Kier alpha value is -0.610. The van der Waals surface area contributed by atoms with Gasteiger partial charge in [-0.1, -0.05) is 40.0 Å². The SMILES string of the molecule is CNC1(CC(=O)NC(CCO)C(C)(C)C)CCCCC1. The first-order valence-corrected chi connectivity index (χ1v) is 7.92. The predicted molar refractivity (Wildman–Crippen MR) is 82.6 cm³/mol. The lowest BCUT2D eigenvalue weighted by Crippen LogP contribution is -2.51. The van der Waals surface area contributed by atoms with Gasteiger partial charge in [0.2, 0.25) is 5.91 Å². The summed E-state index contributed by atoms with van der Waals surface area (Å²) in [5.74, 6) is 0.106. The zero-order valence-corrected chi connectivity index (χ0v) is 13.6. The number of amides is 1. The van der Waals surface area contributed by atoms with Crippen LogP contribution in [0.15, 0.2) is 0 Å². The van der Waals surface area contributed by atoms with Crippen molar-refractivity contribution in [3.05, 3.63) is 0 Å². The molecule has 1 fully saturated rings. The van der Waals surface area contributed by atoms with E-state index in [-0.39, 0.29) is 29.5 Å². The van der Waals surface area contributed by atoms with Crippen LogP contribution in [0, 0.1) is 5.41 Å². The van der Waals surface area contributed by atoms with Crippen molar-refractivity contribution in [2.24, 2.45) is 5.41 Å². The summed E-state index contributed by atoms with van der Waals surface area (Å²) in [7, 11) is 1.97. The third-order valence-electron chi connectivity index (χ3n) is 4.64. The predicted octanol–water partition coefficient (Wildman–Crippen LogP) is 2.21. The Kier molecular flexibility index (Phi) is 6.46. The van der Waals surface area contributed by atoms with E-state index in [2.05, 4.69) is 31.4 Å². The van der Waals surface area contributed by atoms with Gasteiger partial charge in [0, 0.05) is 24.6 Å². The fourth-order valence-corrected chi connectivity index (χ4v) is 3.15. The summed E-state index contributed by atoms with van der Waals surface area (Å²) in [6.07, 6.45) is 7.00. The molecule has 1 aliphatic rings. The standard InChI is InChI=1S/C16H32N2O2/c1-15(2,3)13(8-11-19)18-14(20)12-16(17-4)9-6-5-7-10-16/h13,17,19H,5-12H2,1-4H3,(H,18,20). The molecular formula is C16H32N2O2. The van der Waals surface area contributed by atoms with E-state index in [4.69, 9.17) is 5.11 Å². The summed E-state index contributed by atoms with van der Waals surface area (Å²) in [6.45, 7) is 6.41. The Bertz CT molecular complexity index is 304. The van der Waals surface area contributed by atoms with Crippen molar-refractivity contribution < 1.29 is 9.90 Å². The van der Waals surface area contributed by atoms with E-state index < -0.39 is 0 Å². The quantitative estimate of drug-likeness (QED) is 0.701. The Labute approximate surface area is 123 Å². The van der Waals surface area contributed by atoms with Gasteiger partial charge in [0.1, 0.15) is 0 Å². The van der Waals surface area contributed by atoms with Crippen LogP contribution in [0.2, 0.25) is 0 Å². The zero-order valence-electron chi connectivity index (χ0n) is 13.6. The molecule has 1 atom stereocenters. The van der Waals surface area contributed by atoms with E-state index in [0.29, 0.717) is 12.8 Å². The number of hydrogen-bond donors (Lipinski definition) is 3. The van der Waals surface area contributed by atoms with Crippen LogP contribution in [0.3, 0.4) is 0 Å². The van der Waals surface area contributed by atoms with Crippen LogP contribution < -0.4 is 10.6 Å². The molecule has 0 heterocycles. The molecule has 1 rings (SSSR count). The van der Waals surface area contributed by atoms with E-state index in [1.54, 1.807) is 0 Å². The minimum atomic E-state index is -0.0300. The van der Waals surface area contributed by atoms with Gasteiger partial charge in [-0.2, -0.15) is 0 Å². The molecule has 0 bridgehead atoms. The van der Waals surface area contributed by atoms with Crippen molar-refractivity contribution in [2.45, 2.75) is 77.3 Å². The highest BCUT2D eigenvalue weighted by atomic mass is 16.3. The molecule has 0 aromatic rings. The summed E-state index contributed by atoms with van der Waals surface area (Å²) in [5.41, 5.74) is -0.0538. The normalized spacial score (nSPS) is 20.4. The Morgan fingerprint density at radius 3 is 2.30 bits per heavy atom. The molecule has 118 valence electrons. The molecule has 0 aliphatic heterocycles. The smallest absolute Gasteiger partial charge is 0.222 e. The fraction of sp³-hybridized carbons (Fsp3) is 0.938. The number of nitrogens with one attached hydrogen (secondary N) is 2. The van der Waals surface area contributed by atoms with Gasteiger partial charge in [0.05, 0.1) is 0 Å². The maximum absolute atomic E-state index is 12.4. The lowest BCUT2D eigenvalue weighted by atomic mass is 9.78. The van der Waals surface area contributed by atoms with Crippen LogP contribution >= 0.6 is 0 Å². The van der Waals surface area contributed by atoms with E-state index in [0.717, 1.165) is 12.8 Å². The topological polar surface area (TPSA) is 61.4 Å². The number of aliphatic hydroxyl groups excluding tert-OH is 1.